The van der Waals surface area contributed by atoms with Crippen molar-refractivity contribution in [2.24, 2.45) is 0 Å². The van der Waals surface area contributed by atoms with Gasteiger partial charge in [-0.15, -0.1) is 0 Å². The van der Waals surface area contributed by atoms with Crippen molar-refractivity contribution in [3.8, 4) is 0 Å². The van der Waals surface area contributed by atoms with E-state index in [1.54, 1.807) is 0 Å². The number of rotatable bonds is 5. The van der Waals surface area contributed by atoms with Crippen LogP contribution in [0.25, 0.3) is 0 Å². The molecule has 2 aromatic rings. The number of aryl methyl sites for hydroxylation is 1. The average Bonchev–Trinajstić information content (AvgIpc) is 2.68. The van der Waals surface area contributed by atoms with Crippen molar-refractivity contribution in [2.45, 2.75) is 19.8 Å². The van der Waals surface area contributed by atoms with E-state index in [2.05, 4.69) is 40.5 Å². The lowest BCUT2D eigenvalue weighted by Gasteiger charge is -2.36. The zero-order valence-electron chi connectivity index (χ0n) is 15.2. The molecule has 0 aliphatic carbocycles. The molecule has 1 saturated heterocycles. The maximum atomic E-state index is 12.3. The van der Waals surface area contributed by atoms with E-state index in [0.717, 1.165) is 49.6 Å². The molecule has 0 unspecified atom stereocenters. The number of nitrogens with one attached hydrogen (secondary N) is 1. The zero-order valence-corrected chi connectivity index (χ0v) is 16.0. The largest absolute Gasteiger partial charge is 0.368 e. The van der Waals surface area contributed by atoms with E-state index in [9.17, 15) is 4.79 Å². The Kier molecular flexibility index (Phi) is 6.40. The van der Waals surface area contributed by atoms with Gasteiger partial charge < -0.3 is 15.1 Å². The highest BCUT2D eigenvalue weighted by atomic mass is 35.5. The van der Waals surface area contributed by atoms with Crippen LogP contribution in [0.3, 0.4) is 0 Å². The van der Waals surface area contributed by atoms with Crippen LogP contribution in [-0.2, 0) is 6.42 Å². The fourth-order valence-corrected chi connectivity index (χ4v) is 3.50. The van der Waals surface area contributed by atoms with Gasteiger partial charge >= 0.3 is 6.03 Å². The molecule has 1 aliphatic heterocycles. The van der Waals surface area contributed by atoms with Gasteiger partial charge in [-0.05, 0) is 43.0 Å². The van der Waals surface area contributed by atoms with Gasteiger partial charge in [0.1, 0.15) is 0 Å². The molecule has 1 N–H and O–H groups in total. The van der Waals surface area contributed by atoms with E-state index in [4.69, 9.17) is 11.6 Å². The second-order valence-electron chi connectivity index (χ2n) is 6.68. The van der Waals surface area contributed by atoms with Gasteiger partial charge in [0.25, 0.3) is 0 Å². The van der Waals surface area contributed by atoms with Crippen molar-refractivity contribution in [1.82, 2.24) is 10.2 Å². The number of anilines is 1. The lowest BCUT2D eigenvalue weighted by Crippen LogP contribution is -2.52. The highest BCUT2D eigenvalue weighted by molar-refractivity contribution is 6.31. The fourth-order valence-electron chi connectivity index (χ4n) is 3.33. The number of hydrogen-bond donors (Lipinski definition) is 1. The highest BCUT2D eigenvalue weighted by Crippen LogP contribution is 2.27. The molecular formula is C21H26ClN3O. The Bertz CT molecular complexity index is 727. The minimum atomic E-state index is 0.0422. The first-order valence-electron chi connectivity index (χ1n) is 9.22. The minimum absolute atomic E-state index is 0.0422. The standard InChI is InChI=1S/C21H26ClN3O/c1-17-19(22)10-5-11-20(17)24-13-15-25(16-14-24)21(26)23-12-6-9-18-7-3-2-4-8-18/h2-5,7-8,10-11H,6,9,12-16H2,1H3,(H,23,26). The van der Waals surface area contributed by atoms with Crippen LogP contribution in [0.1, 0.15) is 17.5 Å². The van der Waals surface area contributed by atoms with Crippen LogP contribution in [-0.4, -0.2) is 43.7 Å². The molecule has 5 heteroatoms. The van der Waals surface area contributed by atoms with Crippen LogP contribution in [0.4, 0.5) is 10.5 Å². The number of carbonyl (C=O) groups is 1. The van der Waals surface area contributed by atoms with E-state index in [1.807, 2.05) is 30.0 Å². The first-order valence-corrected chi connectivity index (χ1v) is 9.60. The van der Waals surface area contributed by atoms with E-state index >= 15 is 0 Å². The normalized spacial score (nSPS) is 14.4. The quantitative estimate of drug-likeness (QED) is 0.803. The Morgan fingerprint density at radius 2 is 1.77 bits per heavy atom. The van der Waals surface area contributed by atoms with E-state index in [1.165, 1.54) is 11.3 Å². The summed E-state index contributed by atoms with van der Waals surface area (Å²) in [4.78, 5) is 16.6. The van der Waals surface area contributed by atoms with Crippen LogP contribution in [0.5, 0.6) is 0 Å². The lowest BCUT2D eigenvalue weighted by molar-refractivity contribution is 0.194. The third kappa shape index (κ3) is 4.70. The first kappa shape index (κ1) is 18.6. The molecule has 2 amide bonds. The molecule has 26 heavy (non-hydrogen) atoms. The Morgan fingerprint density at radius 1 is 1.04 bits per heavy atom. The van der Waals surface area contributed by atoms with Gasteiger partial charge in [-0.1, -0.05) is 48.0 Å². The number of piperazine rings is 1. The summed E-state index contributed by atoms with van der Waals surface area (Å²) < 4.78 is 0. The molecule has 0 spiro atoms. The summed E-state index contributed by atoms with van der Waals surface area (Å²) in [7, 11) is 0. The molecular weight excluding hydrogens is 346 g/mol. The minimum Gasteiger partial charge on any atom is -0.368 e. The molecule has 1 aliphatic rings. The van der Waals surface area contributed by atoms with Crippen molar-refractivity contribution >= 4 is 23.3 Å². The van der Waals surface area contributed by atoms with Crippen molar-refractivity contribution in [1.29, 1.82) is 0 Å². The molecule has 0 aromatic heterocycles. The summed E-state index contributed by atoms with van der Waals surface area (Å²) in [5, 5.41) is 3.84. The smallest absolute Gasteiger partial charge is 0.317 e. The SMILES string of the molecule is Cc1c(Cl)cccc1N1CCN(C(=O)NCCCc2ccccc2)CC1. The van der Waals surface area contributed by atoms with Crippen LogP contribution >= 0.6 is 11.6 Å². The third-order valence-electron chi connectivity index (χ3n) is 4.91. The van der Waals surface area contributed by atoms with Crippen molar-refractivity contribution < 1.29 is 4.79 Å². The maximum absolute atomic E-state index is 12.3. The zero-order chi connectivity index (χ0) is 18.4. The van der Waals surface area contributed by atoms with Gasteiger partial charge in [-0.3, -0.25) is 0 Å². The number of hydrogen-bond acceptors (Lipinski definition) is 2. The van der Waals surface area contributed by atoms with E-state index in [-0.39, 0.29) is 6.03 Å². The molecule has 0 saturated carbocycles. The molecule has 1 heterocycles. The number of carbonyl (C=O) groups excluding carboxylic acids is 1. The molecule has 0 bridgehead atoms. The summed E-state index contributed by atoms with van der Waals surface area (Å²) >= 11 is 6.23. The second-order valence-corrected chi connectivity index (χ2v) is 7.09. The predicted octanol–water partition coefficient (Wildman–Crippen LogP) is 4.11. The third-order valence-corrected chi connectivity index (χ3v) is 5.32. The van der Waals surface area contributed by atoms with Gasteiger partial charge in [-0.25, -0.2) is 4.79 Å². The Labute approximate surface area is 160 Å². The summed E-state index contributed by atoms with van der Waals surface area (Å²) in [5.41, 5.74) is 3.58. The number of amides is 2. The Hall–Kier alpha value is -2.20. The van der Waals surface area contributed by atoms with Crippen molar-refractivity contribution in [3.63, 3.8) is 0 Å². The van der Waals surface area contributed by atoms with Crippen LogP contribution in [0.15, 0.2) is 48.5 Å². The molecule has 0 radical (unpaired) electrons. The van der Waals surface area contributed by atoms with E-state index in [0.29, 0.717) is 6.54 Å². The number of nitrogens with zero attached hydrogens (tertiary/aromatic N) is 2. The first-order chi connectivity index (χ1) is 12.6. The van der Waals surface area contributed by atoms with Crippen molar-refractivity contribution in [2.75, 3.05) is 37.6 Å². The summed E-state index contributed by atoms with van der Waals surface area (Å²) in [6, 6.07) is 16.4. The summed E-state index contributed by atoms with van der Waals surface area (Å²) in [6.07, 6.45) is 1.94. The number of benzene rings is 2. The van der Waals surface area contributed by atoms with Crippen LogP contribution < -0.4 is 10.2 Å². The summed E-state index contributed by atoms with van der Waals surface area (Å²) in [5.74, 6) is 0. The van der Waals surface area contributed by atoms with Gasteiger partial charge in [0.2, 0.25) is 0 Å². The van der Waals surface area contributed by atoms with Gasteiger partial charge in [0, 0.05) is 43.4 Å². The average molecular weight is 372 g/mol. The molecule has 3 rings (SSSR count). The monoisotopic (exact) mass is 371 g/mol. The lowest BCUT2D eigenvalue weighted by atomic mass is 10.1. The van der Waals surface area contributed by atoms with E-state index < -0.39 is 0 Å². The molecule has 0 atom stereocenters. The van der Waals surface area contributed by atoms with Gasteiger partial charge in [-0.2, -0.15) is 0 Å². The van der Waals surface area contributed by atoms with Gasteiger partial charge in [0.15, 0.2) is 0 Å². The Balaban J connectivity index is 1.41. The van der Waals surface area contributed by atoms with Gasteiger partial charge in [0.05, 0.1) is 0 Å². The molecule has 4 nitrogen and oxygen atoms in total. The maximum Gasteiger partial charge on any atom is 0.317 e. The molecule has 1 fully saturated rings. The number of urea groups is 1. The number of halogens is 1. The topological polar surface area (TPSA) is 35.6 Å². The Morgan fingerprint density at radius 3 is 2.50 bits per heavy atom. The van der Waals surface area contributed by atoms with Crippen molar-refractivity contribution in [3.05, 3.63) is 64.7 Å². The predicted molar refractivity (Wildman–Crippen MR) is 108 cm³/mol. The molecule has 138 valence electrons. The van der Waals surface area contributed by atoms with Crippen LogP contribution in [0, 0.1) is 6.92 Å². The molecule has 2 aromatic carbocycles. The summed E-state index contributed by atoms with van der Waals surface area (Å²) in [6.45, 7) is 5.88. The highest BCUT2D eigenvalue weighted by Gasteiger charge is 2.22. The second kappa shape index (κ2) is 8.95. The fraction of sp³-hybridized carbons (Fsp3) is 0.381. The van der Waals surface area contributed by atoms with Crippen LogP contribution in [0.2, 0.25) is 5.02 Å².